The minimum atomic E-state index is -0.353. The van der Waals surface area contributed by atoms with E-state index in [1.54, 1.807) is 23.3 Å². The van der Waals surface area contributed by atoms with Gasteiger partial charge in [-0.2, -0.15) is 0 Å². The monoisotopic (exact) mass is 327 g/mol. The molecule has 1 aromatic rings. The summed E-state index contributed by atoms with van der Waals surface area (Å²) in [6.45, 7) is 4.52. The summed E-state index contributed by atoms with van der Waals surface area (Å²) in [5, 5.41) is 6.16. The van der Waals surface area contributed by atoms with Crippen LogP contribution in [0.25, 0.3) is 0 Å². The van der Waals surface area contributed by atoms with Gasteiger partial charge in [-0.25, -0.2) is 4.98 Å². The lowest BCUT2D eigenvalue weighted by Crippen LogP contribution is -2.48. The third kappa shape index (κ3) is 5.24. The molecule has 8 heteroatoms. The minimum absolute atomic E-state index is 0. The molecule has 1 amide bonds. The summed E-state index contributed by atoms with van der Waals surface area (Å²) in [6.07, 6.45) is -0.353. The molecule has 0 aliphatic carbocycles. The lowest BCUT2D eigenvalue weighted by molar-refractivity contribution is -0.144. The van der Waals surface area contributed by atoms with Crippen molar-refractivity contribution in [1.29, 1.82) is 0 Å². The third-order valence-corrected chi connectivity index (χ3v) is 3.47. The van der Waals surface area contributed by atoms with E-state index in [9.17, 15) is 4.79 Å². The van der Waals surface area contributed by atoms with Gasteiger partial charge in [-0.05, 0) is 6.92 Å². The third-order valence-electron chi connectivity index (χ3n) is 2.65. The highest BCUT2D eigenvalue weighted by atomic mass is 35.5. The van der Waals surface area contributed by atoms with Crippen LogP contribution < -0.4 is 5.32 Å². The zero-order chi connectivity index (χ0) is 12.3. The Kier molecular flexibility index (Phi) is 8.52. The quantitative estimate of drug-likeness (QED) is 0.907. The van der Waals surface area contributed by atoms with Crippen LogP contribution in [0.3, 0.4) is 0 Å². The number of carbonyl (C=O) groups is 1. The van der Waals surface area contributed by atoms with E-state index in [2.05, 4.69) is 10.3 Å². The van der Waals surface area contributed by atoms with Gasteiger partial charge in [0.15, 0.2) is 0 Å². The van der Waals surface area contributed by atoms with E-state index in [1.165, 1.54) is 0 Å². The number of thiazole rings is 1. The van der Waals surface area contributed by atoms with Crippen LogP contribution in [0.4, 0.5) is 0 Å². The van der Waals surface area contributed by atoms with Crippen LogP contribution in [-0.4, -0.2) is 48.6 Å². The topological polar surface area (TPSA) is 54.5 Å². The van der Waals surface area contributed by atoms with Gasteiger partial charge in [0, 0.05) is 25.5 Å². The number of nitrogens with zero attached hydrogens (tertiary/aromatic N) is 2. The zero-order valence-electron chi connectivity index (χ0n) is 10.9. The Hall–Kier alpha value is -0.400. The van der Waals surface area contributed by atoms with Crippen LogP contribution in [-0.2, 0) is 16.1 Å². The van der Waals surface area contributed by atoms with Crippen molar-refractivity contribution in [3.05, 3.63) is 16.1 Å². The van der Waals surface area contributed by atoms with Crippen molar-refractivity contribution in [2.24, 2.45) is 0 Å². The fourth-order valence-electron chi connectivity index (χ4n) is 1.77. The number of aryl methyl sites for hydroxylation is 1. The summed E-state index contributed by atoms with van der Waals surface area (Å²) >= 11 is 1.60. The number of hydrogen-bond donors (Lipinski definition) is 1. The molecule has 0 spiro atoms. The maximum atomic E-state index is 12.0. The maximum absolute atomic E-state index is 12.0. The van der Waals surface area contributed by atoms with Crippen molar-refractivity contribution in [3.8, 4) is 0 Å². The van der Waals surface area contributed by atoms with Crippen molar-refractivity contribution in [1.82, 2.24) is 15.2 Å². The maximum Gasteiger partial charge on any atom is 0.253 e. The molecule has 1 aliphatic heterocycles. The predicted molar refractivity (Wildman–Crippen MR) is 80.4 cm³/mol. The number of ether oxygens (including phenoxy) is 1. The summed E-state index contributed by atoms with van der Waals surface area (Å²) in [6, 6.07) is 0. The van der Waals surface area contributed by atoms with Gasteiger partial charge in [0.2, 0.25) is 0 Å². The molecule has 1 aliphatic rings. The molecule has 0 saturated carbocycles. The van der Waals surface area contributed by atoms with Gasteiger partial charge < -0.3 is 15.0 Å². The Morgan fingerprint density at radius 2 is 2.37 bits per heavy atom. The Morgan fingerprint density at radius 1 is 1.63 bits per heavy atom. The number of likely N-dealkylation sites (N-methyl/N-ethyl adjacent to an activating group) is 1. The molecule has 19 heavy (non-hydrogen) atoms. The van der Waals surface area contributed by atoms with Crippen molar-refractivity contribution in [2.45, 2.75) is 19.6 Å². The summed E-state index contributed by atoms with van der Waals surface area (Å²) in [7, 11) is 1.79. The van der Waals surface area contributed by atoms with Gasteiger partial charge in [-0.1, -0.05) is 0 Å². The first-order chi connectivity index (χ1) is 8.16. The van der Waals surface area contributed by atoms with Gasteiger partial charge in [-0.15, -0.1) is 36.2 Å². The highest BCUT2D eigenvalue weighted by Gasteiger charge is 2.25. The molecule has 1 fully saturated rings. The molecule has 1 aromatic heterocycles. The molecular formula is C11H19Cl2N3O2S. The number of morpholine rings is 1. The van der Waals surface area contributed by atoms with E-state index >= 15 is 0 Å². The lowest BCUT2D eigenvalue weighted by atomic mass is 10.2. The Bertz CT molecular complexity index is 397. The predicted octanol–water partition coefficient (Wildman–Crippen LogP) is 1.24. The molecule has 1 atom stereocenters. The second-order valence-electron chi connectivity index (χ2n) is 4.12. The number of rotatable bonds is 3. The molecule has 110 valence electrons. The Morgan fingerprint density at radius 3 is 2.89 bits per heavy atom. The van der Waals surface area contributed by atoms with Crippen LogP contribution >= 0.6 is 36.2 Å². The number of hydrogen-bond acceptors (Lipinski definition) is 5. The van der Waals surface area contributed by atoms with E-state index in [-0.39, 0.29) is 36.8 Å². The van der Waals surface area contributed by atoms with Crippen molar-refractivity contribution in [2.75, 3.05) is 26.7 Å². The van der Waals surface area contributed by atoms with Gasteiger partial charge in [0.1, 0.15) is 6.10 Å². The van der Waals surface area contributed by atoms with Crippen LogP contribution in [0.1, 0.15) is 10.7 Å². The average Bonchev–Trinajstić information content (AvgIpc) is 2.75. The molecule has 1 N–H and O–H groups in total. The van der Waals surface area contributed by atoms with E-state index in [4.69, 9.17) is 4.74 Å². The van der Waals surface area contributed by atoms with Crippen molar-refractivity contribution >= 4 is 42.1 Å². The first kappa shape index (κ1) is 18.6. The Labute approximate surface area is 129 Å². The normalized spacial score (nSPS) is 18.1. The molecule has 5 nitrogen and oxygen atoms in total. The largest absolute Gasteiger partial charge is 0.366 e. The molecule has 2 heterocycles. The molecule has 1 saturated heterocycles. The minimum Gasteiger partial charge on any atom is -0.366 e. The number of halogens is 2. The second-order valence-corrected chi connectivity index (χ2v) is 5.18. The van der Waals surface area contributed by atoms with Crippen molar-refractivity contribution < 1.29 is 9.53 Å². The molecule has 1 unspecified atom stereocenters. The van der Waals surface area contributed by atoms with Gasteiger partial charge in [0.25, 0.3) is 5.91 Å². The van der Waals surface area contributed by atoms with Gasteiger partial charge in [-0.3, -0.25) is 4.79 Å². The van der Waals surface area contributed by atoms with Crippen LogP contribution in [0.2, 0.25) is 0 Å². The first-order valence-corrected chi connectivity index (χ1v) is 6.53. The molecule has 0 aromatic carbocycles. The van der Waals surface area contributed by atoms with E-state index in [0.717, 1.165) is 17.2 Å². The lowest BCUT2D eigenvalue weighted by Gasteiger charge is -2.26. The Balaban J connectivity index is 0.00000162. The summed E-state index contributed by atoms with van der Waals surface area (Å²) < 4.78 is 5.43. The van der Waals surface area contributed by atoms with E-state index < -0.39 is 0 Å². The SMILES string of the molecule is Cc1nc(CN(C)C(=O)C2CNCCO2)cs1.Cl.Cl. The van der Waals surface area contributed by atoms with Gasteiger partial charge in [0.05, 0.1) is 23.9 Å². The summed E-state index contributed by atoms with van der Waals surface area (Å²) in [5.41, 5.74) is 0.937. The highest BCUT2D eigenvalue weighted by molar-refractivity contribution is 7.09. The molecule has 0 bridgehead atoms. The fraction of sp³-hybridized carbons (Fsp3) is 0.636. The van der Waals surface area contributed by atoms with Crippen molar-refractivity contribution in [3.63, 3.8) is 0 Å². The molecular weight excluding hydrogens is 309 g/mol. The fourth-order valence-corrected chi connectivity index (χ4v) is 2.38. The summed E-state index contributed by atoms with van der Waals surface area (Å²) in [5.74, 6) is 0.0165. The standard InChI is InChI=1S/C11H17N3O2S.2ClH/c1-8-13-9(7-17-8)6-14(2)11(15)10-5-12-3-4-16-10;;/h7,10,12H,3-6H2,1-2H3;2*1H. The second kappa shape index (κ2) is 8.71. The molecule has 2 rings (SSSR count). The average molecular weight is 328 g/mol. The number of carbonyl (C=O) groups excluding carboxylic acids is 1. The number of amides is 1. The van der Waals surface area contributed by atoms with E-state index in [1.807, 2.05) is 12.3 Å². The number of nitrogens with one attached hydrogen (secondary N) is 1. The smallest absolute Gasteiger partial charge is 0.253 e. The first-order valence-electron chi connectivity index (χ1n) is 5.65. The summed E-state index contributed by atoms with van der Waals surface area (Å²) in [4.78, 5) is 18.1. The molecule has 0 radical (unpaired) electrons. The van der Waals surface area contributed by atoms with Crippen LogP contribution in [0.5, 0.6) is 0 Å². The zero-order valence-corrected chi connectivity index (χ0v) is 13.4. The highest BCUT2D eigenvalue weighted by Crippen LogP contribution is 2.11. The number of aromatic nitrogens is 1. The van der Waals surface area contributed by atoms with Crippen LogP contribution in [0.15, 0.2) is 5.38 Å². The van der Waals surface area contributed by atoms with Crippen LogP contribution in [0, 0.1) is 6.92 Å². The van der Waals surface area contributed by atoms with Gasteiger partial charge >= 0.3 is 0 Å². The van der Waals surface area contributed by atoms with E-state index in [0.29, 0.717) is 19.7 Å².